The molecule has 2 N–H and O–H groups in total. The van der Waals surface area contributed by atoms with Crippen LogP contribution < -0.4 is 5.32 Å². The van der Waals surface area contributed by atoms with Gasteiger partial charge in [0.25, 0.3) is 0 Å². The molecule has 1 aromatic rings. The number of nitrogens with one attached hydrogen (secondary N) is 1. The van der Waals surface area contributed by atoms with Gasteiger partial charge in [-0.2, -0.15) is 5.10 Å². The van der Waals surface area contributed by atoms with Crippen molar-refractivity contribution in [2.45, 2.75) is 25.3 Å². The van der Waals surface area contributed by atoms with Crippen LogP contribution in [0.15, 0.2) is 12.3 Å². The molecule has 0 saturated heterocycles. The van der Waals surface area contributed by atoms with Crippen molar-refractivity contribution in [3.8, 4) is 0 Å². The Labute approximate surface area is 108 Å². The fraction of sp³-hybridized carbons (Fsp3) is 0.455. The summed E-state index contributed by atoms with van der Waals surface area (Å²) in [6.07, 6.45) is 4.01. The Balaban J connectivity index is 2.35. The van der Waals surface area contributed by atoms with Gasteiger partial charge < -0.3 is 10.4 Å². The summed E-state index contributed by atoms with van der Waals surface area (Å²) < 4.78 is 1.45. The number of nitro groups is 1. The fourth-order valence-electron chi connectivity index (χ4n) is 2.32. The molecule has 1 amide bonds. The van der Waals surface area contributed by atoms with Crippen LogP contribution in [0.4, 0.5) is 10.5 Å². The van der Waals surface area contributed by atoms with E-state index in [4.69, 9.17) is 5.11 Å². The lowest BCUT2D eigenvalue weighted by molar-refractivity contribution is -0.385. The number of amides is 1. The first-order chi connectivity index (χ1) is 8.99. The molecular formula is C11H14N4O4. The van der Waals surface area contributed by atoms with Gasteiger partial charge in [-0.25, -0.2) is 4.79 Å². The molecule has 8 heteroatoms. The SMILES string of the molecule is Cn1ncc([N+](=O)[O-])c1C1=CC(NC(=O)O)CCC1. The molecule has 102 valence electrons. The number of hydrogen-bond acceptors (Lipinski definition) is 4. The molecule has 1 aromatic heterocycles. The lowest BCUT2D eigenvalue weighted by Gasteiger charge is -2.20. The summed E-state index contributed by atoms with van der Waals surface area (Å²) in [6, 6.07) is -0.309. The first kappa shape index (κ1) is 13.1. The molecule has 0 radical (unpaired) electrons. The molecule has 1 unspecified atom stereocenters. The molecule has 0 aliphatic heterocycles. The number of hydrogen-bond donors (Lipinski definition) is 2. The van der Waals surface area contributed by atoms with Crippen molar-refractivity contribution in [3.63, 3.8) is 0 Å². The summed E-state index contributed by atoms with van der Waals surface area (Å²) in [4.78, 5) is 21.1. The molecule has 0 saturated carbocycles. The van der Waals surface area contributed by atoms with Gasteiger partial charge in [-0.3, -0.25) is 14.8 Å². The van der Waals surface area contributed by atoms with Gasteiger partial charge in [-0.1, -0.05) is 6.08 Å². The Kier molecular flexibility index (Phi) is 3.50. The number of rotatable bonds is 3. The van der Waals surface area contributed by atoms with E-state index in [0.29, 0.717) is 18.5 Å². The maximum Gasteiger partial charge on any atom is 0.405 e. The fourth-order valence-corrected chi connectivity index (χ4v) is 2.32. The van der Waals surface area contributed by atoms with Crippen molar-refractivity contribution < 1.29 is 14.8 Å². The van der Waals surface area contributed by atoms with Gasteiger partial charge in [0.1, 0.15) is 11.9 Å². The third-order valence-electron chi connectivity index (χ3n) is 3.09. The van der Waals surface area contributed by atoms with Crippen molar-refractivity contribution in [1.82, 2.24) is 15.1 Å². The van der Waals surface area contributed by atoms with Crippen LogP contribution in [0.3, 0.4) is 0 Å². The number of nitrogens with zero attached hydrogens (tertiary/aromatic N) is 3. The minimum atomic E-state index is -1.10. The van der Waals surface area contributed by atoms with Gasteiger partial charge in [0.15, 0.2) is 0 Å². The topological polar surface area (TPSA) is 110 Å². The molecule has 0 fully saturated rings. The van der Waals surface area contributed by atoms with Crippen molar-refractivity contribution in [2.75, 3.05) is 0 Å². The molecule has 8 nitrogen and oxygen atoms in total. The molecular weight excluding hydrogens is 252 g/mol. The van der Waals surface area contributed by atoms with Crippen molar-refractivity contribution in [1.29, 1.82) is 0 Å². The Morgan fingerprint density at radius 3 is 3.05 bits per heavy atom. The maximum atomic E-state index is 11.0. The zero-order valence-corrected chi connectivity index (χ0v) is 10.4. The summed E-state index contributed by atoms with van der Waals surface area (Å²) in [6.45, 7) is 0. The van der Waals surface area contributed by atoms with Gasteiger partial charge in [0, 0.05) is 7.05 Å². The zero-order chi connectivity index (χ0) is 14.0. The van der Waals surface area contributed by atoms with E-state index in [0.717, 1.165) is 12.0 Å². The van der Waals surface area contributed by atoms with Crippen LogP contribution in [0.25, 0.3) is 5.57 Å². The predicted octanol–water partition coefficient (Wildman–Crippen LogP) is 1.53. The molecule has 1 heterocycles. The van der Waals surface area contributed by atoms with Crippen LogP contribution in [0, 0.1) is 10.1 Å². The van der Waals surface area contributed by atoms with Crippen LogP contribution in [0.5, 0.6) is 0 Å². The highest BCUT2D eigenvalue weighted by molar-refractivity contribution is 5.72. The quantitative estimate of drug-likeness (QED) is 0.636. The smallest absolute Gasteiger partial charge is 0.405 e. The monoisotopic (exact) mass is 266 g/mol. The number of aromatic nitrogens is 2. The first-order valence-corrected chi connectivity index (χ1v) is 5.86. The van der Waals surface area contributed by atoms with Gasteiger partial charge in [0.2, 0.25) is 0 Å². The van der Waals surface area contributed by atoms with Crippen LogP contribution in [0.1, 0.15) is 25.0 Å². The first-order valence-electron chi connectivity index (χ1n) is 5.86. The van der Waals surface area contributed by atoms with E-state index in [-0.39, 0.29) is 11.7 Å². The lowest BCUT2D eigenvalue weighted by atomic mass is 9.93. The highest BCUT2D eigenvalue weighted by atomic mass is 16.6. The minimum absolute atomic E-state index is 0.0512. The summed E-state index contributed by atoms with van der Waals surface area (Å²) >= 11 is 0. The van der Waals surface area contributed by atoms with Gasteiger partial charge in [-0.15, -0.1) is 0 Å². The second-order valence-electron chi connectivity index (χ2n) is 4.40. The van der Waals surface area contributed by atoms with E-state index >= 15 is 0 Å². The Hall–Kier alpha value is -2.38. The molecule has 2 rings (SSSR count). The lowest BCUT2D eigenvalue weighted by Crippen LogP contribution is -2.33. The molecule has 0 aromatic carbocycles. The minimum Gasteiger partial charge on any atom is -0.465 e. The van der Waals surface area contributed by atoms with Crippen LogP contribution >= 0.6 is 0 Å². The zero-order valence-electron chi connectivity index (χ0n) is 10.4. The van der Waals surface area contributed by atoms with Gasteiger partial charge in [0.05, 0.1) is 11.0 Å². The Bertz CT molecular complexity index is 549. The second-order valence-corrected chi connectivity index (χ2v) is 4.40. The van der Waals surface area contributed by atoms with Crippen LogP contribution in [-0.4, -0.2) is 31.9 Å². The second kappa shape index (κ2) is 5.09. The van der Waals surface area contributed by atoms with Crippen LogP contribution in [-0.2, 0) is 7.05 Å². The van der Waals surface area contributed by atoms with Gasteiger partial charge >= 0.3 is 11.8 Å². The molecule has 0 spiro atoms. The Morgan fingerprint density at radius 2 is 2.42 bits per heavy atom. The summed E-state index contributed by atoms with van der Waals surface area (Å²) in [5.74, 6) is 0. The normalized spacial score (nSPS) is 18.8. The van der Waals surface area contributed by atoms with E-state index in [1.165, 1.54) is 10.9 Å². The molecule has 1 atom stereocenters. The van der Waals surface area contributed by atoms with Crippen LogP contribution in [0.2, 0.25) is 0 Å². The number of carbonyl (C=O) groups is 1. The van der Waals surface area contributed by atoms with Crippen molar-refractivity contribution in [2.24, 2.45) is 7.05 Å². The highest BCUT2D eigenvalue weighted by Gasteiger charge is 2.25. The average Bonchev–Trinajstić information content (AvgIpc) is 2.70. The standard InChI is InChI=1S/C11H14N4O4/c1-14-10(9(6-12-14)15(18)19)7-3-2-4-8(5-7)13-11(16)17/h5-6,8,13H,2-4H2,1H3,(H,16,17). The number of allylic oxidation sites excluding steroid dienone is 1. The van der Waals surface area contributed by atoms with Crippen molar-refractivity contribution >= 4 is 17.4 Å². The Morgan fingerprint density at radius 1 is 1.68 bits per heavy atom. The van der Waals surface area contributed by atoms with Gasteiger partial charge in [-0.05, 0) is 24.8 Å². The molecule has 1 aliphatic rings. The van der Waals surface area contributed by atoms with E-state index in [1.807, 2.05) is 0 Å². The summed E-state index contributed by atoms with van der Waals surface area (Å²) in [7, 11) is 1.64. The largest absolute Gasteiger partial charge is 0.465 e. The summed E-state index contributed by atoms with van der Waals surface area (Å²) in [5.41, 5.74) is 1.16. The van der Waals surface area contributed by atoms with E-state index < -0.39 is 11.0 Å². The van der Waals surface area contributed by atoms with E-state index in [2.05, 4.69) is 10.4 Å². The molecule has 19 heavy (non-hydrogen) atoms. The highest BCUT2D eigenvalue weighted by Crippen LogP contribution is 2.32. The average molecular weight is 266 g/mol. The van der Waals surface area contributed by atoms with Crippen molar-refractivity contribution in [3.05, 3.63) is 28.1 Å². The third-order valence-corrected chi connectivity index (χ3v) is 3.09. The van der Waals surface area contributed by atoms with E-state index in [1.54, 1.807) is 13.1 Å². The summed E-state index contributed by atoms with van der Waals surface area (Å²) in [5, 5.41) is 25.9. The predicted molar refractivity (Wildman–Crippen MR) is 66.6 cm³/mol. The third kappa shape index (κ3) is 2.72. The maximum absolute atomic E-state index is 11.0. The molecule has 0 bridgehead atoms. The van der Waals surface area contributed by atoms with E-state index in [9.17, 15) is 14.9 Å². The number of carboxylic acid groups (broad SMARTS) is 1. The number of aryl methyl sites for hydroxylation is 1. The molecule has 1 aliphatic carbocycles.